The predicted octanol–water partition coefficient (Wildman–Crippen LogP) is 5.04. The first kappa shape index (κ1) is 15.3. The largest absolute Gasteiger partial charge is 0.278 e. The molecule has 19 heavy (non-hydrogen) atoms. The number of anilines is 1. The van der Waals surface area contributed by atoms with Gasteiger partial charge in [0, 0.05) is 4.88 Å². The molecule has 0 bridgehead atoms. The third-order valence-corrected chi connectivity index (χ3v) is 6.90. The Labute approximate surface area is 137 Å². The van der Waals surface area contributed by atoms with Gasteiger partial charge in [-0.05, 0) is 57.0 Å². The first-order valence-corrected chi connectivity index (χ1v) is 9.30. The van der Waals surface area contributed by atoms with Gasteiger partial charge >= 0.3 is 0 Å². The van der Waals surface area contributed by atoms with E-state index in [4.69, 9.17) is 11.6 Å². The number of hydrogen-bond acceptors (Lipinski definition) is 3. The second-order valence-electron chi connectivity index (χ2n) is 3.68. The lowest BCUT2D eigenvalue weighted by Crippen LogP contribution is -2.13. The summed E-state index contributed by atoms with van der Waals surface area (Å²) in [6, 6.07) is 6.59. The lowest BCUT2D eigenvalue weighted by molar-refractivity contribution is 0.601. The Morgan fingerprint density at radius 1 is 1.32 bits per heavy atom. The number of sulfonamides is 1. The Morgan fingerprint density at radius 3 is 2.58 bits per heavy atom. The summed E-state index contributed by atoms with van der Waals surface area (Å²) in [6.07, 6.45) is 0. The van der Waals surface area contributed by atoms with Gasteiger partial charge in [-0.2, -0.15) is 0 Å². The molecule has 0 saturated heterocycles. The van der Waals surface area contributed by atoms with E-state index >= 15 is 0 Å². The van der Waals surface area contributed by atoms with Gasteiger partial charge in [0.05, 0.1) is 19.0 Å². The van der Waals surface area contributed by atoms with Crippen LogP contribution < -0.4 is 4.72 Å². The molecule has 8 heteroatoms. The molecule has 0 amide bonds. The van der Waals surface area contributed by atoms with E-state index in [2.05, 4.69) is 36.6 Å². The highest BCUT2D eigenvalue weighted by Crippen LogP contribution is 2.34. The Hall–Kier alpha value is -0.0800. The summed E-state index contributed by atoms with van der Waals surface area (Å²) in [5.41, 5.74) is 0.411. The molecular weight excluding hydrogens is 438 g/mol. The number of hydrogen-bond donors (Lipinski definition) is 1. The monoisotopic (exact) mass is 443 g/mol. The van der Waals surface area contributed by atoms with Crippen molar-refractivity contribution in [1.82, 2.24) is 0 Å². The van der Waals surface area contributed by atoms with Crippen molar-refractivity contribution in [2.45, 2.75) is 11.8 Å². The molecule has 0 saturated carbocycles. The van der Waals surface area contributed by atoms with Crippen LogP contribution in [0, 0.1) is 6.92 Å². The van der Waals surface area contributed by atoms with E-state index in [1.165, 1.54) is 11.3 Å². The van der Waals surface area contributed by atoms with Crippen LogP contribution in [0.1, 0.15) is 4.88 Å². The van der Waals surface area contributed by atoms with Crippen LogP contribution >= 0.6 is 54.8 Å². The van der Waals surface area contributed by atoms with Crippen LogP contribution in [0.15, 0.2) is 37.4 Å². The Morgan fingerprint density at radius 2 is 2.00 bits per heavy atom. The van der Waals surface area contributed by atoms with E-state index in [1.807, 2.05) is 0 Å². The van der Waals surface area contributed by atoms with Gasteiger partial charge < -0.3 is 0 Å². The lowest BCUT2D eigenvalue weighted by atomic mass is 10.3. The number of rotatable bonds is 3. The van der Waals surface area contributed by atoms with Gasteiger partial charge in [0.15, 0.2) is 0 Å². The molecule has 2 aromatic rings. The number of aryl methyl sites for hydroxylation is 1. The molecule has 1 aromatic heterocycles. The predicted molar refractivity (Wildman–Crippen MR) is 86.7 cm³/mol. The van der Waals surface area contributed by atoms with Crippen molar-refractivity contribution in [2.24, 2.45) is 0 Å². The molecule has 0 radical (unpaired) electrons. The van der Waals surface area contributed by atoms with Crippen LogP contribution in [0.5, 0.6) is 0 Å². The molecule has 3 nitrogen and oxygen atoms in total. The second-order valence-corrected chi connectivity index (χ2v) is 9.16. The third kappa shape index (κ3) is 3.33. The Balaban J connectivity index is 2.42. The highest BCUT2D eigenvalue weighted by Gasteiger charge is 2.20. The van der Waals surface area contributed by atoms with Crippen molar-refractivity contribution in [1.29, 1.82) is 0 Å². The third-order valence-electron chi connectivity index (χ3n) is 2.33. The van der Waals surface area contributed by atoms with Crippen LogP contribution in [0.25, 0.3) is 0 Å². The molecule has 2 rings (SSSR count). The minimum Gasteiger partial charge on any atom is -0.278 e. The summed E-state index contributed by atoms with van der Waals surface area (Å²) in [7, 11) is -3.62. The average Bonchev–Trinajstić information content (AvgIpc) is 2.65. The van der Waals surface area contributed by atoms with E-state index in [9.17, 15) is 8.42 Å². The van der Waals surface area contributed by atoms with Gasteiger partial charge in [-0.1, -0.05) is 17.7 Å². The van der Waals surface area contributed by atoms with E-state index in [0.29, 0.717) is 15.2 Å². The van der Waals surface area contributed by atoms with Crippen LogP contribution in [0.4, 0.5) is 5.69 Å². The zero-order valence-electron chi connectivity index (χ0n) is 9.58. The van der Waals surface area contributed by atoms with Gasteiger partial charge in [0.1, 0.15) is 4.90 Å². The molecule has 1 heterocycles. The minimum absolute atomic E-state index is 0.260. The van der Waals surface area contributed by atoms with Crippen molar-refractivity contribution in [2.75, 3.05) is 4.72 Å². The standard InChI is InChI=1S/C11H8Br2ClNO2S2/c1-6-9(5-10(12)18-6)19(16,17)15-8-4-2-3-7(14)11(8)13/h2-5,15H,1H3. The summed E-state index contributed by atoms with van der Waals surface area (Å²) < 4.78 is 28.4. The van der Waals surface area contributed by atoms with Crippen LogP contribution in [-0.2, 0) is 10.0 Å². The smallest absolute Gasteiger partial charge is 0.263 e. The zero-order valence-corrected chi connectivity index (χ0v) is 15.1. The molecule has 1 N–H and O–H groups in total. The topological polar surface area (TPSA) is 46.2 Å². The number of thiophene rings is 1. The normalized spacial score (nSPS) is 11.6. The van der Waals surface area contributed by atoms with Crippen LogP contribution in [0.2, 0.25) is 5.02 Å². The van der Waals surface area contributed by atoms with Gasteiger partial charge in [0.2, 0.25) is 0 Å². The lowest BCUT2D eigenvalue weighted by Gasteiger charge is -2.10. The maximum absolute atomic E-state index is 12.3. The molecular formula is C11H8Br2ClNO2S2. The average molecular weight is 446 g/mol. The van der Waals surface area contributed by atoms with Crippen molar-refractivity contribution < 1.29 is 8.42 Å². The fourth-order valence-electron chi connectivity index (χ4n) is 1.48. The molecule has 0 fully saturated rings. The summed E-state index contributed by atoms with van der Waals surface area (Å²) in [6.45, 7) is 1.76. The summed E-state index contributed by atoms with van der Waals surface area (Å²) in [5.74, 6) is 0. The number of benzene rings is 1. The molecule has 0 unspecified atom stereocenters. The SMILES string of the molecule is Cc1sc(Br)cc1S(=O)(=O)Nc1cccc(Cl)c1Br. The first-order valence-electron chi connectivity index (χ1n) is 5.04. The number of halogens is 3. The Bertz CT molecular complexity index is 728. The minimum atomic E-state index is -3.62. The summed E-state index contributed by atoms with van der Waals surface area (Å²) in [5, 5.41) is 0.448. The highest BCUT2D eigenvalue weighted by atomic mass is 79.9. The second kappa shape index (κ2) is 5.73. The van der Waals surface area contributed by atoms with Crippen molar-refractivity contribution >= 4 is 70.5 Å². The van der Waals surface area contributed by atoms with Crippen molar-refractivity contribution in [3.8, 4) is 0 Å². The zero-order chi connectivity index (χ0) is 14.2. The molecule has 0 aliphatic rings. The molecule has 1 aromatic carbocycles. The van der Waals surface area contributed by atoms with Gasteiger partial charge in [-0.15, -0.1) is 11.3 Å². The van der Waals surface area contributed by atoms with Crippen LogP contribution in [0.3, 0.4) is 0 Å². The summed E-state index contributed by atoms with van der Waals surface area (Å²) in [4.78, 5) is 0.980. The van der Waals surface area contributed by atoms with E-state index in [1.54, 1.807) is 31.2 Å². The van der Waals surface area contributed by atoms with Crippen molar-refractivity contribution in [3.05, 3.63) is 42.4 Å². The van der Waals surface area contributed by atoms with Crippen molar-refractivity contribution in [3.63, 3.8) is 0 Å². The van der Waals surface area contributed by atoms with Crippen LogP contribution in [-0.4, -0.2) is 8.42 Å². The van der Waals surface area contributed by atoms with E-state index < -0.39 is 10.0 Å². The fourth-order valence-corrected chi connectivity index (χ4v) is 5.64. The molecule has 0 aliphatic carbocycles. The fraction of sp³-hybridized carbons (Fsp3) is 0.0909. The van der Waals surface area contributed by atoms with Gasteiger partial charge in [-0.3, -0.25) is 4.72 Å². The first-order chi connectivity index (χ1) is 8.81. The van der Waals surface area contributed by atoms with Gasteiger partial charge in [0.25, 0.3) is 10.0 Å². The van der Waals surface area contributed by atoms with Gasteiger partial charge in [-0.25, -0.2) is 8.42 Å². The maximum atomic E-state index is 12.3. The number of nitrogens with one attached hydrogen (secondary N) is 1. The maximum Gasteiger partial charge on any atom is 0.263 e. The molecule has 102 valence electrons. The quantitative estimate of drug-likeness (QED) is 0.720. The molecule has 0 atom stereocenters. The highest BCUT2D eigenvalue weighted by molar-refractivity contribution is 9.11. The molecule has 0 spiro atoms. The van der Waals surface area contributed by atoms with E-state index in [-0.39, 0.29) is 4.90 Å². The van der Waals surface area contributed by atoms with E-state index in [0.717, 1.165) is 8.66 Å². The molecule has 0 aliphatic heterocycles. The summed E-state index contributed by atoms with van der Waals surface area (Å²) >= 11 is 13.9. The Kier molecular flexibility index (Phi) is 4.62.